The topological polar surface area (TPSA) is 102 Å². The molecule has 2 aliphatic rings. The van der Waals surface area contributed by atoms with Crippen molar-refractivity contribution in [3.8, 4) is 17.2 Å². The van der Waals surface area contributed by atoms with E-state index in [2.05, 4.69) is 16.3 Å². The second-order valence-corrected chi connectivity index (χ2v) is 7.79. The Kier molecular flexibility index (Phi) is 4.88. The molecule has 2 aromatic carbocycles. The van der Waals surface area contributed by atoms with Gasteiger partial charge in [0.2, 0.25) is 0 Å². The molecule has 0 aliphatic carbocycles. The van der Waals surface area contributed by atoms with Gasteiger partial charge >= 0.3 is 0 Å². The molecule has 1 N–H and O–H groups in total. The van der Waals surface area contributed by atoms with Gasteiger partial charge in [-0.3, -0.25) is 14.7 Å². The van der Waals surface area contributed by atoms with E-state index in [0.29, 0.717) is 44.0 Å². The summed E-state index contributed by atoms with van der Waals surface area (Å²) in [5.41, 5.74) is 3.71. The summed E-state index contributed by atoms with van der Waals surface area (Å²) >= 11 is 0. The lowest BCUT2D eigenvalue weighted by Crippen LogP contribution is -2.54. The van der Waals surface area contributed by atoms with Crippen molar-refractivity contribution in [1.82, 2.24) is 20.0 Å². The maximum atomic E-state index is 12.9. The molecule has 0 spiro atoms. The Morgan fingerprint density at radius 1 is 1.03 bits per heavy atom. The van der Waals surface area contributed by atoms with Crippen LogP contribution in [0, 0.1) is 11.3 Å². The monoisotopic (exact) mass is 415 g/mol. The standard InChI is InChI=1S/C23H21N5O3/c24-14-20-18-13-17(5-6-19(18)25-26-20)15-1-3-16(4-2-15)22(29)27-8-10-28(11-9-27)23(30)21-7-12-31-21/h1-6,13,21H,7-12H2,(H,25,26). The van der Waals surface area contributed by atoms with E-state index in [1.165, 1.54) is 0 Å². The number of benzene rings is 2. The average molecular weight is 415 g/mol. The summed E-state index contributed by atoms with van der Waals surface area (Å²) in [7, 11) is 0. The van der Waals surface area contributed by atoms with E-state index in [-0.39, 0.29) is 17.9 Å². The molecule has 1 atom stereocenters. The number of nitrogens with zero attached hydrogens (tertiary/aromatic N) is 4. The van der Waals surface area contributed by atoms with Gasteiger partial charge in [0.25, 0.3) is 11.8 Å². The second kappa shape index (κ2) is 7.85. The van der Waals surface area contributed by atoms with Crippen LogP contribution in [0.5, 0.6) is 0 Å². The number of ether oxygens (including phenoxy) is 1. The van der Waals surface area contributed by atoms with Crippen molar-refractivity contribution in [3.63, 3.8) is 0 Å². The van der Waals surface area contributed by atoms with E-state index in [0.717, 1.165) is 28.5 Å². The SMILES string of the molecule is N#Cc1n[nH]c2ccc(-c3ccc(C(=O)N4CCN(C(=O)C5CCO5)CC4)cc3)cc12. The predicted molar refractivity (Wildman–Crippen MR) is 113 cm³/mol. The van der Waals surface area contributed by atoms with Crippen LogP contribution < -0.4 is 0 Å². The predicted octanol–water partition coefficient (Wildman–Crippen LogP) is 2.17. The first kappa shape index (κ1) is 19.3. The van der Waals surface area contributed by atoms with Gasteiger partial charge in [-0.05, 0) is 35.4 Å². The number of aromatic nitrogens is 2. The number of piperazine rings is 1. The van der Waals surface area contributed by atoms with Gasteiger partial charge in [0, 0.05) is 43.5 Å². The summed E-state index contributed by atoms with van der Waals surface area (Å²) in [5.74, 6) is 0.00689. The second-order valence-electron chi connectivity index (χ2n) is 7.79. The first-order valence-electron chi connectivity index (χ1n) is 10.3. The molecule has 31 heavy (non-hydrogen) atoms. The number of nitriles is 1. The summed E-state index contributed by atoms with van der Waals surface area (Å²) in [6.07, 6.45) is 0.496. The van der Waals surface area contributed by atoms with Crippen molar-refractivity contribution in [2.75, 3.05) is 32.8 Å². The minimum atomic E-state index is -0.291. The van der Waals surface area contributed by atoms with Crippen molar-refractivity contribution in [3.05, 3.63) is 53.7 Å². The molecule has 0 radical (unpaired) electrons. The number of H-pyrrole nitrogens is 1. The molecule has 0 bridgehead atoms. The van der Waals surface area contributed by atoms with E-state index < -0.39 is 0 Å². The molecule has 1 unspecified atom stereocenters. The van der Waals surface area contributed by atoms with Crippen LogP contribution in [0.1, 0.15) is 22.5 Å². The zero-order chi connectivity index (χ0) is 21.4. The Labute approximate surface area is 179 Å². The third-order valence-electron chi connectivity index (χ3n) is 5.99. The fraction of sp³-hybridized carbons (Fsp3) is 0.304. The molecule has 8 heteroatoms. The lowest BCUT2D eigenvalue weighted by atomic mass is 10.0. The normalized spacial score (nSPS) is 18.5. The first-order chi connectivity index (χ1) is 15.1. The van der Waals surface area contributed by atoms with Gasteiger partial charge in [0.1, 0.15) is 12.2 Å². The number of hydrogen-bond donors (Lipinski definition) is 1. The Morgan fingerprint density at radius 3 is 2.35 bits per heavy atom. The lowest BCUT2D eigenvalue weighted by Gasteiger charge is -2.38. The van der Waals surface area contributed by atoms with Crippen LogP contribution in [-0.2, 0) is 9.53 Å². The molecule has 2 amide bonds. The molecule has 156 valence electrons. The third-order valence-corrected chi connectivity index (χ3v) is 5.99. The number of hydrogen-bond acceptors (Lipinski definition) is 5. The van der Waals surface area contributed by atoms with Crippen molar-refractivity contribution in [2.24, 2.45) is 0 Å². The molecule has 2 saturated heterocycles. The molecule has 3 aromatic rings. The number of aromatic amines is 1. The first-order valence-corrected chi connectivity index (χ1v) is 10.3. The molecule has 1 aromatic heterocycles. The van der Waals surface area contributed by atoms with Crippen molar-refractivity contribution >= 4 is 22.7 Å². The number of amides is 2. The minimum absolute atomic E-state index is 0.0319. The zero-order valence-electron chi connectivity index (χ0n) is 16.9. The van der Waals surface area contributed by atoms with Gasteiger partial charge in [0.15, 0.2) is 5.69 Å². The van der Waals surface area contributed by atoms with E-state index in [4.69, 9.17) is 4.74 Å². The van der Waals surface area contributed by atoms with Crippen LogP contribution in [0.2, 0.25) is 0 Å². The fourth-order valence-corrected chi connectivity index (χ4v) is 4.03. The van der Waals surface area contributed by atoms with Gasteiger partial charge < -0.3 is 14.5 Å². The van der Waals surface area contributed by atoms with Crippen molar-refractivity contribution < 1.29 is 14.3 Å². The maximum Gasteiger partial charge on any atom is 0.253 e. The maximum absolute atomic E-state index is 12.9. The highest BCUT2D eigenvalue weighted by Crippen LogP contribution is 2.26. The van der Waals surface area contributed by atoms with Crippen LogP contribution >= 0.6 is 0 Å². The van der Waals surface area contributed by atoms with Gasteiger partial charge in [0.05, 0.1) is 12.1 Å². The van der Waals surface area contributed by atoms with Gasteiger partial charge in [-0.2, -0.15) is 10.4 Å². The molecular weight excluding hydrogens is 394 g/mol. The van der Waals surface area contributed by atoms with Crippen LogP contribution in [0.15, 0.2) is 42.5 Å². The smallest absolute Gasteiger partial charge is 0.253 e. The number of nitrogens with one attached hydrogen (secondary N) is 1. The molecule has 0 saturated carbocycles. The summed E-state index contributed by atoms with van der Waals surface area (Å²) < 4.78 is 5.28. The number of rotatable bonds is 3. The van der Waals surface area contributed by atoms with Crippen molar-refractivity contribution in [2.45, 2.75) is 12.5 Å². The van der Waals surface area contributed by atoms with Crippen molar-refractivity contribution in [1.29, 1.82) is 5.26 Å². The van der Waals surface area contributed by atoms with Crippen LogP contribution in [0.3, 0.4) is 0 Å². The third kappa shape index (κ3) is 3.53. The van der Waals surface area contributed by atoms with Crippen LogP contribution in [0.4, 0.5) is 0 Å². The lowest BCUT2D eigenvalue weighted by molar-refractivity contribution is -0.157. The molecule has 2 aliphatic heterocycles. The molecule has 3 heterocycles. The Bertz CT molecular complexity index is 1180. The zero-order valence-corrected chi connectivity index (χ0v) is 16.9. The van der Waals surface area contributed by atoms with Crippen LogP contribution in [-0.4, -0.2) is 70.7 Å². The quantitative estimate of drug-likeness (QED) is 0.706. The highest BCUT2D eigenvalue weighted by atomic mass is 16.5. The highest BCUT2D eigenvalue weighted by molar-refractivity contribution is 5.95. The minimum Gasteiger partial charge on any atom is -0.368 e. The average Bonchev–Trinajstić information content (AvgIpc) is 3.20. The summed E-state index contributed by atoms with van der Waals surface area (Å²) in [6, 6.07) is 15.3. The molecule has 5 rings (SSSR count). The Hall–Kier alpha value is -3.70. The van der Waals surface area contributed by atoms with E-state index in [9.17, 15) is 14.9 Å². The summed E-state index contributed by atoms with van der Waals surface area (Å²) in [5, 5.41) is 16.8. The van der Waals surface area contributed by atoms with Gasteiger partial charge in [-0.15, -0.1) is 0 Å². The van der Waals surface area contributed by atoms with E-state index in [1.807, 2.05) is 42.5 Å². The Morgan fingerprint density at radius 2 is 1.71 bits per heavy atom. The summed E-state index contributed by atoms with van der Waals surface area (Å²) in [4.78, 5) is 28.8. The number of carbonyl (C=O) groups is 2. The van der Waals surface area contributed by atoms with Crippen LogP contribution in [0.25, 0.3) is 22.0 Å². The van der Waals surface area contributed by atoms with E-state index in [1.54, 1.807) is 9.80 Å². The number of carbonyl (C=O) groups excluding carboxylic acids is 2. The largest absolute Gasteiger partial charge is 0.368 e. The fourth-order valence-electron chi connectivity index (χ4n) is 4.03. The van der Waals surface area contributed by atoms with E-state index >= 15 is 0 Å². The Balaban J connectivity index is 1.26. The van der Waals surface area contributed by atoms with Gasteiger partial charge in [-0.25, -0.2) is 0 Å². The molecule has 8 nitrogen and oxygen atoms in total. The highest BCUT2D eigenvalue weighted by Gasteiger charge is 2.33. The molecular formula is C23H21N5O3. The molecule has 2 fully saturated rings. The van der Waals surface area contributed by atoms with Gasteiger partial charge in [-0.1, -0.05) is 18.2 Å². The number of fused-ring (bicyclic) bond motifs is 1. The summed E-state index contributed by atoms with van der Waals surface area (Å²) in [6.45, 7) is 2.77.